The third kappa shape index (κ3) is 3.01. The van der Waals surface area contributed by atoms with E-state index in [4.69, 9.17) is 11.6 Å². The highest BCUT2D eigenvalue weighted by Gasteiger charge is 2.23. The number of anilines is 2. The standard InChI is InChI=1S/C14H19ClN2O2/c1-3-14(2,8-18)7-16-12-4-9-5-13(19)17-11(9)6-10(12)15/h4,6,16,18H,3,5,7-8H2,1-2H3,(H,17,19). The van der Waals surface area contributed by atoms with E-state index in [2.05, 4.69) is 10.6 Å². The Bertz CT molecular complexity index is 498. The van der Waals surface area contributed by atoms with Crippen LogP contribution in [0.25, 0.3) is 0 Å². The van der Waals surface area contributed by atoms with Crippen LogP contribution in [0.1, 0.15) is 25.8 Å². The number of hydrogen-bond acceptors (Lipinski definition) is 3. The van der Waals surface area contributed by atoms with E-state index in [9.17, 15) is 9.90 Å². The van der Waals surface area contributed by atoms with Crippen molar-refractivity contribution >= 4 is 28.9 Å². The SMILES string of the molecule is CCC(C)(CO)CNc1cc2c(cc1Cl)NC(=O)C2. The molecule has 0 fully saturated rings. The van der Waals surface area contributed by atoms with Gasteiger partial charge in [-0.25, -0.2) is 0 Å². The number of aliphatic hydroxyl groups is 1. The van der Waals surface area contributed by atoms with Gasteiger partial charge >= 0.3 is 0 Å². The summed E-state index contributed by atoms with van der Waals surface area (Å²) >= 11 is 6.19. The average Bonchev–Trinajstić information content (AvgIpc) is 2.74. The van der Waals surface area contributed by atoms with Crippen LogP contribution in [0.3, 0.4) is 0 Å². The first-order valence-electron chi connectivity index (χ1n) is 6.44. The van der Waals surface area contributed by atoms with Gasteiger partial charge in [-0.2, -0.15) is 0 Å². The van der Waals surface area contributed by atoms with Crippen LogP contribution in [-0.2, 0) is 11.2 Å². The van der Waals surface area contributed by atoms with Gasteiger partial charge in [0, 0.05) is 17.6 Å². The van der Waals surface area contributed by atoms with Crippen molar-refractivity contribution in [3.8, 4) is 0 Å². The summed E-state index contributed by atoms with van der Waals surface area (Å²) in [6, 6.07) is 3.68. The minimum Gasteiger partial charge on any atom is -0.396 e. The molecule has 0 saturated carbocycles. The minimum atomic E-state index is -0.170. The molecule has 0 aliphatic carbocycles. The van der Waals surface area contributed by atoms with Crippen molar-refractivity contribution in [1.82, 2.24) is 0 Å². The number of benzene rings is 1. The Morgan fingerprint density at radius 1 is 1.53 bits per heavy atom. The predicted octanol–water partition coefficient (Wildman–Crippen LogP) is 2.66. The molecule has 0 bridgehead atoms. The molecule has 1 amide bonds. The van der Waals surface area contributed by atoms with Crippen molar-refractivity contribution in [2.24, 2.45) is 5.41 Å². The molecule has 104 valence electrons. The molecule has 19 heavy (non-hydrogen) atoms. The van der Waals surface area contributed by atoms with Crippen LogP contribution < -0.4 is 10.6 Å². The number of aliphatic hydroxyl groups excluding tert-OH is 1. The molecule has 0 radical (unpaired) electrons. The molecule has 2 rings (SSSR count). The molecule has 1 aromatic rings. The van der Waals surface area contributed by atoms with Crippen molar-refractivity contribution < 1.29 is 9.90 Å². The lowest BCUT2D eigenvalue weighted by Crippen LogP contribution is -2.29. The lowest BCUT2D eigenvalue weighted by Gasteiger charge is -2.26. The number of carbonyl (C=O) groups excluding carboxylic acids is 1. The molecule has 1 aromatic carbocycles. The van der Waals surface area contributed by atoms with Crippen LogP contribution in [0.15, 0.2) is 12.1 Å². The minimum absolute atomic E-state index is 0.00280. The molecular formula is C14H19ClN2O2. The molecule has 1 heterocycles. The molecule has 0 saturated heterocycles. The monoisotopic (exact) mass is 282 g/mol. The van der Waals surface area contributed by atoms with Crippen molar-refractivity contribution in [2.75, 3.05) is 23.8 Å². The maximum absolute atomic E-state index is 11.3. The summed E-state index contributed by atoms with van der Waals surface area (Å²) in [7, 11) is 0. The Morgan fingerprint density at radius 2 is 2.26 bits per heavy atom. The second-order valence-electron chi connectivity index (χ2n) is 5.39. The summed E-state index contributed by atoms with van der Waals surface area (Å²) in [6.07, 6.45) is 1.27. The smallest absolute Gasteiger partial charge is 0.228 e. The van der Waals surface area contributed by atoms with Crippen molar-refractivity contribution in [3.05, 3.63) is 22.7 Å². The van der Waals surface area contributed by atoms with Gasteiger partial charge in [-0.05, 0) is 24.1 Å². The molecule has 1 aliphatic rings. The topological polar surface area (TPSA) is 61.4 Å². The fourth-order valence-corrected chi connectivity index (χ4v) is 2.22. The molecule has 1 atom stereocenters. The summed E-state index contributed by atoms with van der Waals surface area (Å²) in [4.78, 5) is 11.3. The molecule has 1 unspecified atom stereocenters. The van der Waals surface area contributed by atoms with E-state index in [0.29, 0.717) is 18.0 Å². The molecular weight excluding hydrogens is 264 g/mol. The van der Waals surface area contributed by atoms with Crippen LogP contribution in [-0.4, -0.2) is 24.2 Å². The first-order chi connectivity index (χ1) is 8.97. The summed E-state index contributed by atoms with van der Waals surface area (Å²) < 4.78 is 0. The number of carbonyl (C=O) groups is 1. The van der Waals surface area contributed by atoms with Gasteiger partial charge in [-0.15, -0.1) is 0 Å². The summed E-state index contributed by atoms with van der Waals surface area (Å²) in [5, 5.41) is 16.0. The number of halogens is 1. The third-order valence-corrected chi connectivity index (χ3v) is 4.07. The predicted molar refractivity (Wildman–Crippen MR) is 77.8 cm³/mol. The lowest BCUT2D eigenvalue weighted by molar-refractivity contribution is -0.115. The van der Waals surface area contributed by atoms with Gasteiger partial charge < -0.3 is 15.7 Å². The normalized spacial score (nSPS) is 16.7. The molecule has 0 aromatic heterocycles. The zero-order valence-electron chi connectivity index (χ0n) is 11.2. The zero-order chi connectivity index (χ0) is 14.0. The van der Waals surface area contributed by atoms with Crippen LogP contribution in [0.2, 0.25) is 5.02 Å². The maximum Gasteiger partial charge on any atom is 0.228 e. The highest BCUT2D eigenvalue weighted by Crippen LogP contribution is 2.33. The number of amides is 1. The number of rotatable bonds is 5. The summed E-state index contributed by atoms with van der Waals surface area (Å²) in [6.45, 7) is 4.83. The van der Waals surface area contributed by atoms with Gasteiger partial charge in [0.25, 0.3) is 0 Å². The van der Waals surface area contributed by atoms with Gasteiger partial charge in [0.05, 0.1) is 23.7 Å². The number of hydrogen-bond donors (Lipinski definition) is 3. The Balaban J connectivity index is 2.14. The van der Waals surface area contributed by atoms with Gasteiger partial charge in [0.2, 0.25) is 5.91 Å². The highest BCUT2D eigenvalue weighted by atomic mass is 35.5. The van der Waals surface area contributed by atoms with Crippen LogP contribution >= 0.6 is 11.6 Å². The van der Waals surface area contributed by atoms with E-state index in [1.165, 1.54) is 0 Å². The number of nitrogens with one attached hydrogen (secondary N) is 2. The quantitative estimate of drug-likeness (QED) is 0.778. The second-order valence-corrected chi connectivity index (χ2v) is 5.80. The summed E-state index contributed by atoms with van der Waals surface area (Å²) in [5.74, 6) is -0.00280. The molecule has 0 spiro atoms. The van der Waals surface area contributed by atoms with Gasteiger partial charge in [-0.3, -0.25) is 4.79 Å². The Morgan fingerprint density at radius 3 is 2.89 bits per heavy atom. The van der Waals surface area contributed by atoms with Crippen LogP contribution in [0.4, 0.5) is 11.4 Å². The van der Waals surface area contributed by atoms with Crippen LogP contribution in [0.5, 0.6) is 0 Å². The van der Waals surface area contributed by atoms with E-state index < -0.39 is 0 Å². The largest absolute Gasteiger partial charge is 0.396 e. The lowest BCUT2D eigenvalue weighted by atomic mass is 9.88. The second kappa shape index (κ2) is 5.39. The molecule has 3 N–H and O–H groups in total. The Kier molecular flexibility index (Phi) is 4.02. The molecule has 4 nitrogen and oxygen atoms in total. The number of fused-ring (bicyclic) bond motifs is 1. The molecule has 1 aliphatic heterocycles. The fourth-order valence-electron chi connectivity index (χ4n) is 1.98. The van der Waals surface area contributed by atoms with E-state index in [1.54, 1.807) is 6.07 Å². The first-order valence-corrected chi connectivity index (χ1v) is 6.82. The first kappa shape index (κ1) is 14.2. The highest BCUT2D eigenvalue weighted by molar-refractivity contribution is 6.33. The van der Waals surface area contributed by atoms with Crippen LogP contribution in [0, 0.1) is 5.41 Å². The van der Waals surface area contributed by atoms with Crippen molar-refractivity contribution in [2.45, 2.75) is 26.7 Å². The van der Waals surface area contributed by atoms with E-state index in [-0.39, 0.29) is 17.9 Å². The average molecular weight is 283 g/mol. The Hall–Kier alpha value is -1.26. The maximum atomic E-state index is 11.3. The van der Waals surface area contributed by atoms with Gasteiger partial charge in [0.1, 0.15) is 0 Å². The van der Waals surface area contributed by atoms with Gasteiger partial charge in [-0.1, -0.05) is 25.4 Å². The van der Waals surface area contributed by atoms with E-state index >= 15 is 0 Å². The summed E-state index contributed by atoms with van der Waals surface area (Å²) in [5.41, 5.74) is 2.39. The van der Waals surface area contributed by atoms with E-state index in [1.807, 2.05) is 19.9 Å². The Labute approximate surface area is 118 Å². The fraction of sp³-hybridized carbons (Fsp3) is 0.500. The molecule has 5 heteroatoms. The van der Waals surface area contributed by atoms with Crippen molar-refractivity contribution in [1.29, 1.82) is 0 Å². The van der Waals surface area contributed by atoms with E-state index in [0.717, 1.165) is 23.4 Å². The third-order valence-electron chi connectivity index (χ3n) is 3.76. The zero-order valence-corrected chi connectivity index (χ0v) is 12.0. The van der Waals surface area contributed by atoms with Gasteiger partial charge in [0.15, 0.2) is 0 Å². The van der Waals surface area contributed by atoms with Crippen molar-refractivity contribution in [3.63, 3.8) is 0 Å².